The number of hydrogen-bond donors (Lipinski definition) is 1. The highest BCUT2D eigenvalue weighted by Gasteiger charge is 2.05. The largest absolute Gasteiger partial charge is 0.384 e. The number of benzene rings is 1. The molecule has 0 saturated carbocycles. The van der Waals surface area contributed by atoms with Crippen LogP contribution in [-0.4, -0.2) is 18.8 Å². The van der Waals surface area contributed by atoms with Crippen LogP contribution in [0.2, 0.25) is 0 Å². The second kappa shape index (κ2) is 6.60. The highest BCUT2D eigenvalue weighted by atomic mass is 32.1. The molecular weight excluding hydrogens is 266 g/mol. The number of hydrogen-bond acceptors (Lipinski definition) is 3. The van der Waals surface area contributed by atoms with Crippen molar-refractivity contribution in [3.63, 3.8) is 0 Å². The molecule has 1 N–H and O–H groups in total. The Labute approximate surface area is 124 Å². The highest BCUT2D eigenvalue weighted by Crippen LogP contribution is 2.22. The summed E-state index contributed by atoms with van der Waals surface area (Å²) in [7, 11) is 2.10. The smallest absolute Gasteiger partial charge is 0.104 e. The maximum atomic E-state index is 8.70. The van der Waals surface area contributed by atoms with Crippen LogP contribution >= 0.6 is 11.3 Å². The van der Waals surface area contributed by atoms with Gasteiger partial charge in [0.15, 0.2) is 0 Å². The molecule has 0 bridgehead atoms. The molecule has 2 rings (SSSR count). The normalized spacial score (nSPS) is 10.0. The van der Waals surface area contributed by atoms with E-state index in [1.54, 1.807) is 11.3 Å². The zero-order valence-electron chi connectivity index (χ0n) is 12.1. The third-order valence-corrected chi connectivity index (χ3v) is 3.98. The Morgan fingerprint density at radius 3 is 2.50 bits per heavy atom. The van der Waals surface area contributed by atoms with E-state index in [-0.39, 0.29) is 6.61 Å². The number of aliphatic hydroxyl groups excluding tert-OH is 1. The predicted octanol–water partition coefficient (Wildman–Crippen LogP) is 3.35. The highest BCUT2D eigenvalue weighted by molar-refractivity contribution is 7.12. The van der Waals surface area contributed by atoms with E-state index in [1.165, 1.54) is 21.7 Å². The molecule has 1 aromatic heterocycles. The quantitative estimate of drug-likeness (QED) is 0.874. The van der Waals surface area contributed by atoms with Gasteiger partial charge in [-0.2, -0.15) is 0 Å². The third kappa shape index (κ3) is 3.86. The van der Waals surface area contributed by atoms with Crippen LogP contribution in [0.15, 0.2) is 30.3 Å². The zero-order chi connectivity index (χ0) is 14.5. The lowest BCUT2D eigenvalue weighted by atomic mass is 10.1. The van der Waals surface area contributed by atoms with Crippen LogP contribution < -0.4 is 4.90 Å². The fraction of sp³-hybridized carbons (Fsp3) is 0.294. The molecule has 0 saturated heterocycles. The van der Waals surface area contributed by atoms with Gasteiger partial charge in [0.25, 0.3) is 0 Å². The zero-order valence-corrected chi connectivity index (χ0v) is 12.9. The van der Waals surface area contributed by atoms with Crippen molar-refractivity contribution in [3.8, 4) is 11.8 Å². The molecule has 3 heteroatoms. The number of anilines is 1. The molecule has 0 aliphatic rings. The summed E-state index contributed by atoms with van der Waals surface area (Å²) < 4.78 is 0. The number of nitrogens with zero attached hydrogens (tertiary/aromatic N) is 1. The van der Waals surface area contributed by atoms with Crippen LogP contribution in [0.1, 0.15) is 20.9 Å². The van der Waals surface area contributed by atoms with Gasteiger partial charge in [0.1, 0.15) is 6.61 Å². The topological polar surface area (TPSA) is 23.5 Å². The summed E-state index contributed by atoms with van der Waals surface area (Å²) in [6, 6.07) is 10.7. The molecule has 0 fully saturated rings. The Hall–Kier alpha value is -1.76. The van der Waals surface area contributed by atoms with Crippen molar-refractivity contribution < 1.29 is 5.11 Å². The summed E-state index contributed by atoms with van der Waals surface area (Å²) in [4.78, 5) is 4.52. The fourth-order valence-electron chi connectivity index (χ4n) is 2.15. The number of rotatable bonds is 3. The monoisotopic (exact) mass is 285 g/mol. The van der Waals surface area contributed by atoms with Gasteiger partial charge in [0, 0.05) is 17.6 Å². The number of thiophene rings is 1. The molecule has 104 valence electrons. The minimum Gasteiger partial charge on any atom is -0.384 e. The van der Waals surface area contributed by atoms with Gasteiger partial charge in [-0.05, 0) is 49.2 Å². The van der Waals surface area contributed by atoms with Gasteiger partial charge in [0.2, 0.25) is 0 Å². The van der Waals surface area contributed by atoms with Crippen LogP contribution in [-0.2, 0) is 6.54 Å². The molecule has 2 aromatic rings. The lowest BCUT2D eigenvalue weighted by Crippen LogP contribution is -2.15. The molecule has 0 spiro atoms. The second-order valence-corrected chi connectivity index (χ2v) is 6.10. The Balaban J connectivity index is 2.10. The van der Waals surface area contributed by atoms with Gasteiger partial charge in [-0.3, -0.25) is 0 Å². The van der Waals surface area contributed by atoms with Gasteiger partial charge in [0.05, 0.1) is 11.4 Å². The van der Waals surface area contributed by atoms with E-state index >= 15 is 0 Å². The fourth-order valence-corrected chi connectivity index (χ4v) is 3.09. The lowest BCUT2D eigenvalue weighted by molar-refractivity contribution is 0.350. The van der Waals surface area contributed by atoms with Crippen molar-refractivity contribution in [2.24, 2.45) is 0 Å². The maximum Gasteiger partial charge on any atom is 0.104 e. The molecule has 0 radical (unpaired) electrons. The molecule has 0 amide bonds. The standard InChI is InChI=1S/C17H19NOS/c1-13-9-14(2)11-15(10-13)18(3)12-17-7-6-16(20-17)5-4-8-19/h6-7,9-11,19H,8,12H2,1-3H3. The molecule has 2 nitrogen and oxygen atoms in total. The summed E-state index contributed by atoms with van der Waals surface area (Å²) >= 11 is 1.68. The van der Waals surface area contributed by atoms with Gasteiger partial charge in [-0.25, -0.2) is 0 Å². The molecule has 1 aromatic carbocycles. The van der Waals surface area contributed by atoms with E-state index in [0.717, 1.165) is 11.4 Å². The first-order chi connectivity index (χ1) is 9.58. The van der Waals surface area contributed by atoms with Gasteiger partial charge >= 0.3 is 0 Å². The van der Waals surface area contributed by atoms with Crippen LogP contribution in [0.25, 0.3) is 0 Å². The van der Waals surface area contributed by atoms with Crippen LogP contribution in [0.3, 0.4) is 0 Å². The Bertz CT molecular complexity index is 628. The number of aliphatic hydroxyl groups is 1. The van der Waals surface area contributed by atoms with E-state index in [0.29, 0.717) is 0 Å². The van der Waals surface area contributed by atoms with E-state index in [2.05, 4.69) is 61.9 Å². The van der Waals surface area contributed by atoms with E-state index < -0.39 is 0 Å². The Morgan fingerprint density at radius 2 is 1.85 bits per heavy atom. The Morgan fingerprint density at radius 1 is 1.15 bits per heavy atom. The predicted molar refractivity (Wildman–Crippen MR) is 86.3 cm³/mol. The summed E-state index contributed by atoms with van der Waals surface area (Å²) in [6.07, 6.45) is 0. The first kappa shape index (κ1) is 14.6. The number of aryl methyl sites for hydroxylation is 2. The Kier molecular flexibility index (Phi) is 4.84. The maximum absolute atomic E-state index is 8.70. The van der Waals surface area contributed by atoms with Crippen molar-refractivity contribution in [2.75, 3.05) is 18.6 Å². The summed E-state index contributed by atoms with van der Waals surface area (Å²) in [6.45, 7) is 5.03. The summed E-state index contributed by atoms with van der Waals surface area (Å²) in [5.74, 6) is 5.63. The molecule has 0 aliphatic carbocycles. The SMILES string of the molecule is Cc1cc(C)cc(N(C)Cc2ccc(C#CCO)s2)c1. The van der Waals surface area contributed by atoms with E-state index in [4.69, 9.17) is 5.11 Å². The van der Waals surface area contributed by atoms with Crippen LogP contribution in [0.4, 0.5) is 5.69 Å². The molecule has 0 aliphatic heterocycles. The van der Waals surface area contributed by atoms with Crippen LogP contribution in [0.5, 0.6) is 0 Å². The first-order valence-corrected chi connectivity index (χ1v) is 7.38. The van der Waals surface area contributed by atoms with Crippen molar-refractivity contribution >= 4 is 17.0 Å². The molecule has 1 heterocycles. The van der Waals surface area contributed by atoms with Crippen molar-refractivity contribution in [1.29, 1.82) is 0 Å². The average Bonchev–Trinajstić information content (AvgIpc) is 2.82. The van der Waals surface area contributed by atoms with Gasteiger partial charge in [-0.1, -0.05) is 17.9 Å². The van der Waals surface area contributed by atoms with Gasteiger partial charge < -0.3 is 10.0 Å². The third-order valence-electron chi connectivity index (χ3n) is 2.99. The van der Waals surface area contributed by atoms with Gasteiger partial charge in [-0.15, -0.1) is 11.3 Å². The second-order valence-electron chi connectivity index (χ2n) is 4.93. The van der Waals surface area contributed by atoms with Crippen LogP contribution in [0, 0.1) is 25.7 Å². The first-order valence-electron chi connectivity index (χ1n) is 6.56. The van der Waals surface area contributed by atoms with Crippen molar-refractivity contribution in [2.45, 2.75) is 20.4 Å². The molecule has 0 unspecified atom stereocenters. The molecule has 0 atom stereocenters. The lowest BCUT2D eigenvalue weighted by Gasteiger charge is -2.19. The van der Waals surface area contributed by atoms with E-state index in [9.17, 15) is 0 Å². The average molecular weight is 285 g/mol. The van der Waals surface area contributed by atoms with Crippen molar-refractivity contribution in [3.05, 3.63) is 51.2 Å². The minimum atomic E-state index is -0.0876. The summed E-state index contributed by atoms with van der Waals surface area (Å²) in [5, 5.41) is 8.70. The van der Waals surface area contributed by atoms with E-state index in [1.807, 2.05) is 6.07 Å². The van der Waals surface area contributed by atoms with Crippen molar-refractivity contribution in [1.82, 2.24) is 0 Å². The molecular formula is C17H19NOS. The minimum absolute atomic E-state index is 0.0876. The molecule has 20 heavy (non-hydrogen) atoms. The summed E-state index contributed by atoms with van der Waals surface area (Å²) in [5.41, 5.74) is 3.80.